The Bertz CT molecular complexity index is 536. The molecule has 0 aliphatic carbocycles. The lowest BCUT2D eigenvalue weighted by atomic mass is 10.2. The molecule has 1 N–H and O–H groups in total. The van der Waals surface area contributed by atoms with Gasteiger partial charge in [-0.05, 0) is 12.1 Å². The number of hydrogen-bond donors (Lipinski definition) is 1. The van der Waals surface area contributed by atoms with Crippen molar-refractivity contribution in [1.29, 1.82) is 5.26 Å². The molecule has 1 fully saturated rings. The minimum absolute atomic E-state index is 0.0576. The van der Waals surface area contributed by atoms with E-state index in [9.17, 15) is 9.59 Å². The zero-order valence-electron chi connectivity index (χ0n) is 10.3. The Morgan fingerprint density at radius 1 is 1.47 bits per heavy atom. The number of para-hydroxylation sites is 1. The Balaban J connectivity index is 1.93. The van der Waals surface area contributed by atoms with Gasteiger partial charge in [-0.1, -0.05) is 12.1 Å². The van der Waals surface area contributed by atoms with Crippen LogP contribution >= 0.6 is 0 Å². The van der Waals surface area contributed by atoms with Gasteiger partial charge in [0.2, 0.25) is 5.91 Å². The van der Waals surface area contributed by atoms with Crippen LogP contribution in [0.3, 0.4) is 0 Å². The van der Waals surface area contributed by atoms with E-state index < -0.39 is 0 Å². The summed E-state index contributed by atoms with van der Waals surface area (Å²) >= 11 is 0. The molecule has 0 spiro atoms. The highest BCUT2D eigenvalue weighted by Crippen LogP contribution is 2.16. The highest BCUT2D eigenvalue weighted by molar-refractivity contribution is 5.86. The number of piperazine rings is 1. The molecule has 6 heteroatoms. The van der Waals surface area contributed by atoms with Crippen LogP contribution in [0.25, 0.3) is 0 Å². The van der Waals surface area contributed by atoms with Gasteiger partial charge in [-0.25, -0.2) is 0 Å². The fraction of sp³-hybridized carbons (Fsp3) is 0.308. The van der Waals surface area contributed by atoms with Gasteiger partial charge in [-0.2, -0.15) is 5.26 Å². The van der Waals surface area contributed by atoms with Crippen LogP contribution in [0.1, 0.15) is 5.56 Å². The third-order valence-electron chi connectivity index (χ3n) is 2.75. The first-order chi connectivity index (χ1) is 9.20. The number of carbonyl (C=O) groups is 2. The summed E-state index contributed by atoms with van der Waals surface area (Å²) in [6.45, 7) is 0.821. The molecule has 2 rings (SSSR count). The number of amides is 2. The maximum absolute atomic E-state index is 11.9. The molecule has 19 heavy (non-hydrogen) atoms. The Morgan fingerprint density at radius 3 is 3.00 bits per heavy atom. The maximum atomic E-state index is 11.9. The van der Waals surface area contributed by atoms with Crippen LogP contribution in [0.5, 0.6) is 5.75 Å². The van der Waals surface area contributed by atoms with Gasteiger partial charge in [-0.3, -0.25) is 9.59 Å². The largest absolute Gasteiger partial charge is 0.482 e. The van der Waals surface area contributed by atoms with Gasteiger partial charge in [0.15, 0.2) is 6.61 Å². The Morgan fingerprint density at radius 2 is 2.26 bits per heavy atom. The maximum Gasteiger partial charge on any atom is 0.261 e. The van der Waals surface area contributed by atoms with Gasteiger partial charge in [0.25, 0.3) is 5.91 Å². The minimum Gasteiger partial charge on any atom is -0.482 e. The van der Waals surface area contributed by atoms with E-state index in [-0.39, 0.29) is 25.0 Å². The van der Waals surface area contributed by atoms with Crippen LogP contribution < -0.4 is 10.1 Å². The zero-order valence-corrected chi connectivity index (χ0v) is 10.3. The number of carbonyl (C=O) groups excluding carboxylic acids is 2. The second-order valence-electron chi connectivity index (χ2n) is 4.06. The fourth-order valence-corrected chi connectivity index (χ4v) is 1.77. The normalized spacial score (nSPS) is 14.5. The third-order valence-corrected chi connectivity index (χ3v) is 2.75. The third kappa shape index (κ3) is 3.22. The van der Waals surface area contributed by atoms with Crippen molar-refractivity contribution in [1.82, 2.24) is 10.2 Å². The summed E-state index contributed by atoms with van der Waals surface area (Å²) in [5.74, 6) is -0.0561. The molecule has 0 aromatic heterocycles. The predicted molar refractivity (Wildman–Crippen MR) is 66.2 cm³/mol. The SMILES string of the molecule is N#Cc1ccccc1OCC(=O)N1CCNC(=O)C1. The molecule has 98 valence electrons. The molecule has 0 radical (unpaired) electrons. The molecule has 1 aliphatic rings. The number of benzene rings is 1. The first-order valence-electron chi connectivity index (χ1n) is 5.87. The summed E-state index contributed by atoms with van der Waals surface area (Å²) in [4.78, 5) is 24.5. The minimum atomic E-state index is -0.261. The van der Waals surface area contributed by atoms with Gasteiger partial charge in [-0.15, -0.1) is 0 Å². The summed E-state index contributed by atoms with van der Waals surface area (Å²) in [7, 11) is 0. The number of hydrogen-bond acceptors (Lipinski definition) is 4. The van der Waals surface area contributed by atoms with E-state index in [0.717, 1.165) is 0 Å². The van der Waals surface area contributed by atoms with Crippen LogP contribution in [-0.4, -0.2) is 43.0 Å². The van der Waals surface area contributed by atoms with E-state index in [1.807, 2.05) is 6.07 Å². The summed E-state index contributed by atoms with van der Waals surface area (Å²) in [5, 5.41) is 11.5. The van der Waals surface area contributed by atoms with E-state index >= 15 is 0 Å². The molecule has 1 heterocycles. The summed E-state index contributed by atoms with van der Waals surface area (Å²) in [5.41, 5.74) is 0.381. The molecule has 1 saturated heterocycles. The lowest BCUT2D eigenvalue weighted by Crippen LogP contribution is -2.51. The van der Waals surface area contributed by atoms with Crippen molar-refractivity contribution in [3.8, 4) is 11.8 Å². The van der Waals surface area contributed by atoms with Gasteiger partial charge in [0.05, 0.1) is 12.1 Å². The molecule has 0 unspecified atom stereocenters. The van der Waals surface area contributed by atoms with Crippen LogP contribution in [0.2, 0.25) is 0 Å². The van der Waals surface area contributed by atoms with E-state index in [1.54, 1.807) is 24.3 Å². The van der Waals surface area contributed by atoms with Gasteiger partial charge in [0, 0.05) is 13.1 Å². The summed E-state index contributed by atoms with van der Waals surface area (Å²) in [6.07, 6.45) is 0. The van der Waals surface area contributed by atoms with E-state index in [1.165, 1.54) is 4.90 Å². The number of rotatable bonds is 3. The number of nitriles is 1. The van der Waals surface area contributed by atoms with Gasteiger partial charge in [0.1, 0.15) is 11.8 Å². The quantitative estimate of drug-likeness (QED) is 0.821. The molecular weight excluding hydrogens is 246 g/mol. The summed E-state index contributed by atoms with van der Waals surface area (Å²) in [6, 6.07) is 8.70. The molecule has 0 bridgehead atoms. The van der Waals surface area contributed by atoms with Crippen LogP contribution in [-0.2, 0) is 9.59 Å². The van der Waals surface area contributed by atoms with Crippen molar-refractivity contribution in [3.05, 3.63) is 29.8 Å². The Hall–Kier alpha value is -2.55. The van der Waals surface area contributed by atoms with Gasteiger partial charge < -0.3 is 15.0 Å². The van der Waals surface area contributed by atoms with Crippen LogP contribution in [0.15, 0.2) is 24.3 Å². The first kappa shape index (κ1) is 12.9. The summed E-state index contributed by atoms with van der Waals surface area (Å²) < 4.78 is 5.33. The van der Waals surface area contributed by atoms with Crippen molar-refractivity contribution in [2.24, 2.45) is 0 Å². The number of nitrogens with one attached hydrogen (secondary N) is 1. The molecule has 0 atom stereocenters. The first-order valence-corrected chi connectivity index (χ1v) is 5.87. The zero-order chi connectivity index (χ0) is 13.7. The molecule has 2 amide bonds. The van der Waals surface area contributed by atoms with Crippen molar-refractivity contribution in [2.45, 2.75) is 0 Å². The van der Waals surface area contributed by atoms with Crippen molar-refractivity contribution < 1.29 is 14.3 Å². The Kier molecular flexibility index (Phi) is 3.98. The predicted octanol–water partition coefficient (Wildman–Crippen LogP) is -0.105. The van der Waals surface area contributed by atoms with Gasteiger partial charge >= 0.3 is 0 Å². The molecule has 6 nitrogen and oxygen atoms in total. The van der Waals surface area contributed by atoms with E-state index in [4.69, 9.17) is 10.00 Å². The molecular formula is C13H13N3O3. The molecule has 1 aromatic carbocycles. The monoisotopic (exact) mass is 259 g/mol. The number of ether oxygens (including phenoxy) is 1. The lowest BCUT2D eigenvalue weighted by Gasteiger charge is -2.26. The highest BCUT2D eigenvalue weighted by Gasteiger charge is 2.21. The van der Waals surface area contributed by atoms with Crippen molar-refractivity contribution in [2.75, 3.05) is 26.2 Å². The Labute approximate surface area is 110 Å². The van der Waals surface area contributed by atoms with Crippen LogP contribution in [0, 0.1) is 11.3 Å². The molecule has 1 aromatic rings. The second kappa shape index (κ2) is 5.87. The van der Waals surface area contributed by atoms with E-state index in [0.29, 0.717) is 24.4 Å². The lowest BCUT2D eigenvalue weighted by molar-refractivity contribution is -0.139. The van der Waals surface area contributed by atoms with Crippen molar-refractivity contribution >= 4 is 11.8 Å². The highest BCUT2D eigenvalue weighted by atomic mass is 16.5. The smallest absolute Gasteiger partial charge is 0.261 e. The topological polar surface area (TPSA) is 82.4 Å². The average Bonchev–Trinajstić information content (AvgIpc) is 2.45. The standard InChI is InChI=1S/C13H13N3O3/c14-7-10-3-1-2-4-11(10)19-9-13(18)16-6-5-15-12(17)8-16/h1-4H,5-6,8-9H2,(H,15,17). The second-order valence-corrected chi connectivity index (χ2v) is 4.06. The molecule has 0 saturated carbocycles. The van der Waals surface area contributed by atoms with E-state index in [2.05, 4.69) is 5.32 Å². The molecule has 1 aliphatic heterocycles. The fourth-order valence-electron chi connectivity index (χ4n) is 1.77. The van der Waals surface area contributed by atoms with Crippen molar-refractivity contribution in [3.63, 3.8) is 0 Å². The van der Waals surface area contributed by atoms with Crippen LogP contribution in [0.4, 0.5) is 0 Å². The number of nitrogens with zero attached hydrogens (tertiary/aromatic N) is 2. The average molecular weight is 259 g/mol.